The molecule has 194 valence electrons. The Hall–Kier alpha value is -3.09. The van der Waals surface area contributed by atoms with E-state index in [2.05, 4.69) is 86.4 Å². The topological polar surface area (TPSA) is 53.4 Å². The first-order chi connectivity index (χ1) is 17.5. The van der Waals surface area contributed by atoms with Crippen LogP contribution in [0.15, 0.2) is 66.1 Å². The van der Waals surface area contributed by atoms with Crippen molar-refractivity contribution in [2.75, 3.05) is 18.4 Å². The molecule has 0 aliphatic carbocycles. The fourth-order valence-electron chi connectivity index (χ4n) is 4.58. The highest BCUT2D eigenvalue weighted by molar-refractivity contribution is 7.22. The summed E-state index contributed by atoms with van der Waals surface area (Å²) in [5.41, 5.74) is 8.47. The summed E-state index contributed by atoms with van der Waals surface area (Å²) < 4.78 is 1.11. The van der Waals surface area contributed by atoms with E-state index in [9.17, 15) is 0 Å². The zero-order valence-electron chi connectivity index (χ0n) is 23.1. The number of likely N-dealkylation sites (tertiary alicyclic amines) is 1. The second kappa shape index (κ2) is 11.1. The maximum absolute atomic E-state index is 4.88. The molecule has 1 aliphatic heterocycles. The second-order valence-corrected chi connectivity index (χ2v) is 12.1. The molecule has 0 radical (unpaired) electrons. The number of aliphatic imine (C=N–C) groups is 1. The smallest absolute Gasteiger partial charge is 0.188 e. The molecule has 2 aromatic heterocycles. The summed E-state index contributed by atoms with van der Waals surface area (Å²) in [4.78, 5) is 16.9. The van der Waals surface area contributed by atoms with Crippen LogP contribution in [0.25, 0.3) is 27.0 Å². The van der Waals surface area contributed by atoms with Crippen molar-refractivity contribution in [2.45, 2.75) is 54.5 Å². The highest BCUT2D eigenvalue weighted by atomic mass is 32.1. The van der Waals surface area contributed by atoms with Crippen LogP contribution in [0.3, 0.4) is 0 Å². The molecule has 1 aromatic carbocycles. The molecule has 0 bridgehead atoms. The molecule has 1 fully saturated rings. The number of fused-ring (bicyclic) bond motifs is 1. The molecule has 0 unspecified atom stereocenters. The van der Waals surface area contributed by atoms with Crippen molar-refractivity contribution in [3.8, 4) is 11.3 Å². The lowest BCUT2D eigenvalue weighted by atomic mass is 9.93. The van der Waals surface area contributed by atoms with E-state index in [1.165, 1.54) is 12.0 Å². The Morgan fingerprint density at radius 3 is 2.70 bits per heavy atom. The van der Waals surface area contributed by atoms with Crippen molar-refractivity contribution >= 4 is 38.5 Å². The van der Waals surface area contributed by atoms with Crippen LogP contribution in [0.5, 0.6) is 0 Å². The first-order valence-corrected chi connectivity index (χ1v) is 13.8. The van der Waals surface area contributed by atoms with Crippen LogP contribution in [0.4, 0.5) is 5.13 Å². The average Bonchev–Trinajstić information content (AvgIpc) is 3.39. The van der Waals surface area contributed by atoms with E-state index >= 15 is 0 Å². The van der Waals surface area contributed by atoms with Crippen molar-refractivity contribution in [2.24, 2.45) is 16.3 Å². The Balaban J connectivity index is 1.77. The van der Waals surface area contributed by atoms with E-state index in [0.29, 0.717) is 11.3 Å². The maximum atomic E-state index is 4.88. The molecule has 0 saturated carbocycles. The van der Waals surface area contributed by atoms with Crippen LogP contribution >= 0.6 is 11.3 Å². The number of hydrogen-bond donors (Lipinski definition) is 1. The van der Waals surface area contributed by atoms with Crippen molar-refractivity contribution in [1.82, 2.24) is 14.9 Å². The maximum Gasteiger partial charge on any atom is 0.188 e. The number of benzene rings is 1. The quantitative estimate of drug-likeness (QED) is 0.293. The van der Waals surface area contributed by atoms with Gasteiger partial charge in [-0.3, -0.25) is 14.9 Å². The average molecular weight is 514 g/mol. The predicted molar refractivity (Wildman–Crippen MR) is 161 cm³/mol. The van der Waals surface area contributed by atoms with Gasteiger partial charge in [-0.2, -0.15) is 0 Å². The number of allylic oxidation sites excluding steroid dienone is 4. The highest BCUT2D eigenvalue weighted by Crippen LogP contribution is 2.38. The molecule has 1 saturated heterocycles. The molecular weight excluding hydrogens is 474 g/mol. The van der Waals surface area contributed by atoms with Gasteiger partial charge in [0.25, 0.3) is 0 Å². The fraction of sp³-hybridized carbons (Fsp3) is 0.387. The van der Waals surface area contributed by atoms with E-state index in [0.717, 1.165) is 68.8 Å². The molecule has 0 amide bonds. The van der Waals surface area contributed by atoms with Crippen LogP contribution in [-0.2, 0) is 6.54 Å². The lowest BCUT2D eigenvalue weighted by molar-refractivity contribution is 0.284. The summed E-state index contributed by atoms with van der Waals surface area (Å²) in [6.45, 7) is 24.2. The zero-order valence-corrected chi connectivity index (χ0v) is 23.9. The van der Waals surface area contributed by atoms with Crippen LogP contribution in [-0.4, -0.2) is 34.2 Å². The van der Waals surface area contributed by atoms with Crippen molar-refractivity contribution in [1.29, 1.82) is 0 Å². The third kappa shape index (κ3) is 6.62. The third-order valence-corrected chi connectivity index (χ3v) is 7.77. The molecule has 6 heteroatoms. The minimum atomic E-state index is 0.301. The minimum absolute atomic E-state index is 0.301. The van der Waals surface area contributed by atoms with Crippen LogP contribution < -0.4 is 5.32 Å². The number of hydrogen-bond acceptors (Lipinski definition) is 6. The van der Waals surface area contributed by atoms with Crippen LogP contribution in [0.1, 0.15) is 59.1 Å². The van der Waals surface area contributed by atoms with Gasteiger partial charge < -0.3 is 5.32 Å². The normalized spacial score (nSPS) is 16.2. The molecule has 3 aromatic rings. The minimum Gasteiger partial charge on any atom is -0.336 e. The van der Waals surface area contributed by atoms with Gasteiger partial charge in [0.2, 0.25) is 0 Å². The van der Waals surface area contributed by atoms with E-state index < -0.39 is 0 Å². The monoisotopic (exact) mass is 513 g/mol. The highest BCUT2D eigenvalue weighted by Gasteiger charge is 2.29. The number of pyridine rings is 1. The standard InChI is InChI=1S/C31H39N5S/c1-9-24(17-33-22(6)20(2)3)25-15-26(29-28(16-25)35-30(37-29)34-21(4)5)27-14-23(10-12-32-27)18-36-13-11-31(7,8)19-36/h9-10,12,14-17,20H,4,6,11,13,18-19H2,1-3,5,7-8H3,(H,34,35)/b24-9+,33-17?. The summed E-state index contributed by atoms with van der Waals surface area (Å²) >= 11 is 1.64. The Morgan fingerprint density at radius 1 is 1.27 bits per heavy atom. The molecule has 0 spiro atoms. The number of thiazole rings is 1. The van der Waals surface area contributed by atoms with E-state index in [4.69, 9.17) is 9.97 Å². The van der Waals surface area contributed by atoms with Gasteiger partial charge in [-0.05, 0) is 79.1 Å². The van der Waals surface area contributed by atoms with E-state index in [1.54, 1.807) is 11.3 Å². The van der Waals surface area contributed by atoms with E-state index in [1.807, 2.05) is 26.3 Å². The predicted octanol–water partition coefficient (Wildman–Crippen LogP) is 8.18. The SMILES string of the molecule is C=C(C)Nc1nc2cc(/C(C=NC(=C)C(C)C)=C/C)cc(-c3cc(CN4CCC(C)(C)C4)ccn3)c2s1. The number of rotatable bonds is 9. The number of aromatic nitrogens is 2. The Labute approximate surface area is 225 Å². The molecule has 1 N–H and O–H groups in total. The van der Waals surface area contributed by atoms with Crippen molar-refractivity contribution in [3.63, 3.8) is 0 Å². The van der Waals surface area contributed by atoms with Gasteiger partial charge in [0.1, 0.15) is 0 Å². The summed E-state index contributed by atoms with van der Waals surface area (Å²) in [6, 6.07) is 8.72. The Morgan fingerprint density at radius 2 is 2.05 bits per heavy atom. The summed E-state index contributed by atoms with van der Waals surface area (Å²) in [5.74, 6) is 0.301. The lowest BCUT2D eigenvalue weighted by Gasteiger charge is -2.19. The molecular formula is C31H39N5S. The summed E-state index contributed by atoms with van der Waals surface area (Å²) in [6.07, 6.45) is 7.17. The van der Waals surface area contributed by atoms with Gasteiger partial charge in [0, 0.05) is 42.5 Å². The molecule has 37 heavy (non-hydrogen) atoms. The van der Waals surface area contributed by atoms with E-state index in [-0.39, 0.29) is 0 Å². The Bertz CT molecular complexity index is 1380. The summed E-state index contributed by atoms with van der Waals surface area (Å²) in [7, 11) is 0. The number of anilines is 1. The Kier molecular flexibility index (Phi) is 8.10. The van der Waals surface area contributed by atoms with Gasteiger partial charge in [0.15, 0.2) is 5.13 Å². The first-order valence-electron chi connectivity index (χ1n) is 13.0. The molecule has 3 heterocycles. The fourth-order valence-corrected chi connectivity index (χ4v) is 5.63. The molecule has 1 aliphatic rings. The lowest BCUT2D eigenvalue weighted by Crippen LogP contribution is -2.22. The first kappa shape index (κ1) is 27.0. The van der Waals surface area contributed by atoms with Gasteiger partial charge >= 0.3 is 0 Å². The molecule has 0 atom stereocenters. The molecule has 4 rings (SSSR count). The van der Waals surface area contributed by atoms with Gasteiger partial charge in [-0.25, -0.2) is 4.98 Å². The largest absolute Gasteiger partial charge is 0.336 e. The summed E-state index contributed by atoms with van der Waals surface area (Å²) in [5, 5.41) is 4.12. The van der Waals surface area contributed by atoms with Gasteiger partial charge in [-0.15, -0.1) is 0 Å². The van der Waals surface area contributed by atoms with Crippen molar-refractivity contribution < 1.29 is 0 Å². The number of nitrogens with zero attached hydrogens (tertiary/aromatic N) is 4. The molecule has 5 nitrogen and oxygen atoms in total. The second-order valence-electron chi connectivity index (χ2n) is 11.1. The van der Waals surface area contributed by atoms with Crippen LogP contribution in [0, 0.1) is 11.3 Å². The van der Waals surface area contributed by atoms with Gasteiger partial charge in [-0.1, -0.05) is 58.3 Å². The third-order valence-electron chi connectivity index (χ3n) is 6.75. The number of nitrogens with one attached hydrogen (secondary N) is 1. The van der Waals surface area contributed by atoms with Crippen molar-refractivity contribution in [3.05, 3.63) is 72.2 Å². The van der Waals surface area contributed by atoms with Gasteiger partial charge in [0.05, 0.1) is 15.9 Å². The zero-order chi connectivity index (χ0) is 26.7. The van der Waals surface area contributed by atoms with Crippen LogP contribution in [0.2, 0.25) is 0 Å².